The minimum absolute atomic E-state index is 0.296. The zero-order chi connectivity index (χ0) is 18.1. The van der Waals surface area contributed by atoms with Crippen molar-refractivity contribution in [2.24, 2.45) is 0 Å². The van der Waals surface area contributed by atoms with Crippen LogP contribution in [0.25, 0.3) is 0 Å². The molecule has 130 valence electrons. The molecular formula is C18H24N2O4. The van der Waals surface area contributed by atoms with Crippen LogP contribution < -0.4 is 5.32 Å². The Balaban J connectivity index is 2.48. The van der Waals surface area contributed by atoms with Gasteiger partial charge in [0.15, 0.2) is 6.61 Å². The number of benzene rings is 1. The molecule has 1 rings (SSSR count). The number of carbonyl (C=O) groups excluding carboxylic acids is 3. The summed E-state index contributed by atoms with van der Waals surface area (Å²) in [6, 6.07) is 7.71. The van der Waals surface area contributed by atoms with E-state index in [1.807, 2.05) is 13.8 Å². The molecule has 0 spiro atoms. The van der Waals surface area contributed by atoms with Crippen molar-refractivity contribution in [1.29, 1.82) is 0 Å². The highest BCUT2D eigenvalue weighted by atomic mass is 16.5. The summed E-state index contributed by atoms with van der Waals surface area (Å²) < 4.78 is 4.99. The van der Waals surface area contributed by atoms with E-state index >= 15 is 0 Å². The molecule has 0 fully saturated rings. The van der Waals surface area contributed by atoms with E-state index in [4.69, 9.17) is 4.74 Å². The zero-order valence-corrected chi connectivity index (χ0v) is 14.4. The third-order valence-electron chi connectivity index (χ3n) is 3.27. The largest absolute Gasteiger partial charge is 0.454 e. The molecule has 0 aromatic heterocycles. The molecule has 6 nitrogen and oxygen atoms in total. The second-order valence-corrected chi connectivity index (χ2v) is 5.53. The standard InChI is InChI=1S/C18H24N2O4/c1-5-20(11-13(2)3)16(21)12-24-18(23)14(4)19-17(22)15-9-7-6-8-10-15/h6-10,14H,2,5,11-12H2,1,3-4H3,(H,19,22). The highest BCUT2D eigenvalue weighted by Crippen LogP contribution is 2.01. The molecule has 6 heteroatoms. The molecule has 1 unspecified atom stereocenters. The van der Waals surface area contributed by atoms with Crippen molar-refractivity contribution in [2.45, 2.75) is 26.8 Å². The third-order valence-corrected chi connectivity index (χ3v) is 3.27. The van der Waals surface area contributed by atoms with Gasteiger partial charge in [-0.25, -0.2) is 4.79 Å². The van der Waals surface area contributed by atoms with Gasteiger partial charge < -0.3 is 15.0 Å². The lowest BCUT2D eigenvalue weighted by molar-refractivity contribution is -0.153. The molecule has 0 heterocycles. The van der Waals surface area contributed by atoms with Crippen LogP contribution in [0.4, 0.5) is 0 Å². The number of nitrogens with one attached hydrogen (secondary N) is 1. The van der Waals surface area contributed by atoms with Crippen LogP contribution in [0.15, 0.2) is 42.5 Å². The van der Waals surface area contributed by atoms with E-state index in [2.05, 4.69) is 11.9 Å². The van der Waals surface area contributed by atoms with E-state index in [1.54, 1.807) is 35.2 Å². The van der Waals surface area contributed by atoms with E-state index in [0.29, 0.717) is 18.7 Å². The van der Waals surface area contributed by atoms with E-state index in [-0.39, 0.29) is 18.4 Å². The fraction of sp³-hybridized carbons (Fsp3) is 0.389. The van der Waals surface area contributed by atoms with Crippen molar-refractivity contribution in [3.8, 4) is 0 Å². The SMILES string of the molecule is C=C(C)CN(CC)C(=O)COC(=O)C(C)NC(=O)c1ccccc1. The molecule has 1 N–H and O–H groups in total. The van der Waals surface area contributed by atoms with Gasteiger partial charge in [-0.1, -0.05) is 30.4 Å². The lowest BCUT2D eigenvalue weighted by Crippen LogP contribution is -2.41. The van der Waals surface area contributed by atoms with E-state index < -0.39 is 12.0 Å². The molecule has 0 aliphatic carbocycles. The maximum atomic E-state index is 12.0. The van der Waals surface area contributed by atoms with Crippen LogP contribution in [0.5, 0.6) is 0 Å². The smallest absolute Gasteiger partial charge is 0.328 e. The first-order valence-corrected chi connectivity index (χ1v) is 7.79. The number of hydrogen-bond acceptors (Lipinski definition) is 4. The first-order valence-electron chi connectivity index (χ1n) is 7.79. The summed E-state index contributed by atoms with van der Waals surface area (Å²) in [5, 5.41) is 2.54. The zero-order valence-electron chi connectivity index (χ0n) is 14.4. The first kappa shape index (κ1) is 19.4. The average molecular weight is 332 g/mol. The van der Waals surface area contributed by atoms with Gasteiger partial charge in [-0.05, 0) is 32.9 Å². The molecule has 0 saturated carbocycles. The third kappa shape index (κ3) is 6.24. The van der Waals surface area contributed by atoms with Crippen LogP contribution in [-0.2, 0) is 14.3 Å². The highest BCUT2D eigenvalue weighted by Gasteiger charge is 2.20. The van der Waals surface area contributed by atoms with Gasteiger partial charge in [-0.15, -0.1) is 0 Å². The number of carbonyl (C=O) groups is 3. The van der Waals surface area contributed by atoms with Crippen LogP contribution in [0.1, 0.15) is 31.1 Å². The number of ether oxygens (including phenoxy) is 1. The van der Waals surface area contributed by atoms with Crippen LogP contribution >= 0.6 is 0 Å². The van der Waals surface area contributed by atoms with Crippen LogP contribution in [0.3, 0.4) is 0 Å². The van der Waals surface area contributed by atoms with Gasteiger partial charge in [-0.2, -0.15) is 0 Å². The fourth-order valence-corrected chi connectivity index (χ4v) is 1.98. The molecule has 2 amide bonds. The molecule has 1 atom stereocenters. The lowest BCUT2D eigenvalue weighted by atomic mass is 10.2. The molecule has 0 saturated heterocycles. The van der Waals surface area contributed by atoms with Gasteiger partial charge in [0.05, 0.1) is 0 Å². The number of hydrogen-bond donors (Lipinski definition) is 1. The van der Waals surface area contributed by atoms with Crippen LogP contribution in [-0.4, -0.2) is 48.4 Å². The maximum Gasteiger partial charge on any atom is 0.328 e. The Hall–Kier alpha value is -2.63. The first-order chi connectivity index (χ1) is 11.3. The minimum Gasteiger partial charge on any atom is -0.454 e. The Morgan fingerprint density at radius 2 is 1.88 bits per heavy atom. The summed E-state index contributed by atoms with van der Waals surface area (Å²) in [7, 11) is 0. The second kappa shape index (κ2) is 9.50. The Labute approximate surface area is 142 Å². The Morgan fingerprint density at radius 3 is 2.42 bits per heavy atom. The minimum atomic E-state index is -0.846. The molecule has 0 aliphatic rings. The van der Waals surface area contributed by atoms with Gasteiger partial charge in [0, 0.05) is 18.7 Å². The summed E-state index contributed by atoms with van der Waals surface area (Å²) in [5.41, 5.74) is 1.30. The second-order valence-electron chi connectivity index (χ2n) is 5.53. The van der Waals surface area contributed by atoms with Crippen LogP contribution in [0, 0.1) is 0 Å². The molecule has 0 radical (unpaired) electrons. The van der Waals surface area contributed by atoms with Gasteiger partial charge in [0.2, 0.25) is 0 Å². The quantitative estimate of drug-likeness (QED) is 0.581. The number of likely N-dealkylation sites (N-methyl/N-ethyl adjacent to an activating group) is 1. The number of nitrogens with zero attached hydrogens (tertiary/aromatic N) is 1. The Morgan fingerprint density at radius 1 is 1.25 bits per heavy atom. The van der Waals surface area contributed by atoms with Crippen molar-refractivity contribution in [3.05, 3.63) is 48.0 Å². The van der Waals surface area contributed by atoms with Crippen molar-refractivity contribution in [2.75, 3.05) is 19.7 Å². The number of amides is 2. The van der Waals surface area contributed by atoms with E-state index in [1.165, 1.54) is 6.92 Å². The summed E-state index contributed by atoms with van der Waals surface area (Å²) in [4.78, 5) is 37.4. The van der Waals surface area contributed by atoms with Gasteiger partial charge >= 0.3 is 5.97 Å². The van der Waals surface area contributed by atoms with E-state index in [0.717, 1.165) is 5.57 Å². The Bertz CT molecular complexity index is 598. The van der Waals surface area contributed by atoms with Crippen LogP contribution in [0.2, 0.25) is 0 Å². The topological polar surface area (TPSA) is 75.7 Å². The summed E-state index contributed by atoms with van der Waals surface area (Å²) in [5.74, 6) is -1.32. The summed E-state index contributed by atoms with van der Waals surface area (Å²) in [6.45, 7) is 9.51. The predicted octanol–water partition coefficient (Wildman–Crippen LogP) is 1.77. The summed E-state index contributed by atoms with van der Waals surface area (Å²) >= 11 is 0. The highest BCUT2D eigenvalue weighted by molar-refractivity contribution is 5.96. The molecule has 0 aliphatic heterocycles. The van der Waals surface area contributed by atoms with Crippen molar-refractivity contribution >= 4 is 17.8 Å². The fourth-order valence-electron chi connectivity index (χ4n) is 1.98. The van der Waals surface area contributed by atoms with E-state index in [9.17, 15) is 14.4 Å². The molecule has 1 aromatic rings. The maximum absolute atomic E-state index is 12.0. The molecule has 0 bridgehead atoms. The normalized spacial score (nSPS) is 11.3. The van der Waals surface area contributed by atoms with Crippen molar-refractivity contribution in [1.82, 2.24) is 10.2 Å². The number of rotatable bonds is 8. The Kier molecular flexibility index (Phi) is 7.68. The molecule has 1 aromatic carbocycles. The lowest BCUT2D eigenvalue weighted by Gasteiger charge is -2.21. The van der Waals surface area contributed by atoms with Crippen molar-refractivity contribution in [3.63, 3.8) is 0 Å². The predicted molar refractivity (Wildman–Crippen MR) is 91.4 cm³/mol. The monoisotopic (exact) mass is 332 g/mol. The molecule has 24 heavy (non-hydrogen) atoms. The van der Waals surface area contributed by atoms with Crippen molar-refractivity contribution < 1.29 is 19.1 Å². The summed E-state index contributed by atoms with van der Waals surface area (Å²) in [6.07, 6.45) is 0. The number of esters is 1. The van der Waals surface area contributed by atoms with Gasteiger partial charge in [0.25, 0.3) is 11.8 Å². The van der Waals surface area contributed by atoms with Gasteiger partial charge in [-0.3, -0.25) is 9.59 Å². The average Bonchev–Trinajstić information content (AvgIpc) is 2.57. The van der Waals surface area contributed by atoms with Gasteiger partial charge in [0.1, 0.15) is 6.04 Å². The molecular weight excluding hydrogens is 308 g/mol.